The number of amides is 4. The number of H-pyrrole nitrogens is 2. The summed E-state index contributed by atoms with van der Waals surface area (Å²) >= 11 is 0. The smallest absolute Gasteiger partial charge is 0.407 e. The van der Waals surface area contributed by atoms with E-state index in [9.17, 15) is 19.2 Å². The summed E-state index contributed by atoms with van der Waals surface area (Å²) in [6.45, 7) is 8.54. The van der Waals surface area contributed by atoms with Crippen LogP contribution in [0.15, 0.2) is 73.1 Å². The second-order valence-corrected chi connectivity index (χ2v) is 15.2. The van der Waals surface area contributed by atoms with Gasteiger partial charge in [-0.25, -0.2) is 19.6 Å². The highest BCUT2D eigenvalue weighted by Gasteiger charge is 2.38. The molecule has 0 saturated carbocycles. The van der Waals surface area contributed by atoms with Crippen molar-refractivity contribution in [2.45, 2.75) is 89.4 Å². The Morgan fingerprint density at radius 1 is 0.875 bits per heavy atom. The normalized spacial score (nSPS) is 19.7. The molecular weight excluding hydrogens is 713 g/mol. The Labute approximate surface area is 327 Å². The summed E-state index contributed by atoms with van der Waals surface area (Å²) in [4.78, 5) is 68.8. The fourth-order valence-electron chi connectivity index (χ4n) is 7.58. The number of carbonyl (C=O) groups excluding carboxylic acids is 4. The molecule has 5 atom stereocenters. The summed E-state index contributed by atoms with van der Waals surface area (Å²) in [7, 11) is 2.55. The minimum Gasteiger partial charge on any atom is -0.453 e. The molecule has 4 amide bonds. The van der Waals surface area contributed by atoms with Gasteiger partial charge in [0.1, 0.15) is 23.7 Å². The van der Waals surface area contributed by atoms with Crippen LogP contribution in [0.5, 0.6) is 0 Å². The molecule has 1 fully saturated rings. The van der Waals surface area contributed by atoms with Gasteiger partial charge in [0.25, 0.3) is 0 Å². The number of rotatable bonds is 12. The number of carbonyl (C=O) groups is 4. The molecule has 1 saturated heterocycles. The summed E-state index contributed by atoms with van der Waals surface area (Å²) in [5, 5.41) is 8.28. The van der Waals surface area contributed by atoms with Crippen LogP contribution in [-0.4, -0.2) is 75.6 Å². The predicted molar refractivity (Wildman–Crippen MR) is 211 cm³/mol. The molecule has 0 bridgehead atoms. The Balaban J connectivity index is 1.08. The second kappa shape index (κ2) is 17.3. The Kier molecular flexibility index (Phi) is 12.3. The molecule has 4 aromatic rings. The molecule has 14 heteroatoms. The lowest BCUT2D eigenvalue weighted by Gasteiger charge is -2.33. The van der Waals surface area contributed by atoms with Gasteiger partial charge in [0.15, 0.2) is 0 Å². The molecule has 0 radical (unpaired) electrons. The molecule has 2 aliphatic rings. The molecule has 2 aromatic carbocycles. The molecule has 56 heavy (non-hydrogen) atoms. The number of nitrogens with one attached hydrogen (secondary N) is 5. The minimum atomic E-state index is -0.924. The average Bonchev–Trinajstić information content (AvgIpc) is 4.01. The lowest BCUT2D eigenvalue weighted by Crippen LogP contribution is -2.51. The first-order chi connectivity index (χ1) is 26.9. The van der Waals surface area contributed by atoms with Crippen LogP contribution in [0.3, 0.4) is 0 Å². The van der Waals surface area contributed by atoms with Crippen molar-refractivity contribution in [2.75, 3.05) is 20.8 Å². The summed E-state index contributed by atoms with van der Waals surface area (Å²) in [6.07, 6.45) is 8.86. The molecule has 6 rings (SSSR count). The lowest BCUT2D eigenvalue weighted by atomic mass is 9.71. The summed E-state index contributed by atoms with van der Waals surface area (Å²) in [5.74, 6) is 0.736. The SMILES string of the molecule is COC(=O)N[C@H](C(=O)N1CCC[C@H]1c1ncc(-c2ccc(C3(C)CC=C(c4cnc([C@H](C)NC(=O)[C@H](NC(=O)OC)c5ccccc5)[nH]4)CC3)cc2)[nH]1)C(C)C. The van der Waals surface area contributed by atoms with Crippen molar-refractivity contribution in [3.8, 4) is 11.3 Å². The van der Waals surface area contributed by atoms with Gasteiger partial charge in [0.05, 0.1) is 50.1 Å². The largest absolute Gasteiger partial charge is 0.453 e. The van der Waals surface area contributed by atoms with Crippen molar-refractivity contribution in [1.82, 2.24) is 40.8 Å². The standard InChI is InChI=1S/C42H52N8O6/c1-25(2)34(48-40(53)55-5)39(52)50-22-10-13-33(50)37-44-24-31(47-37)27-14-16-30(17-15-27)42(4)20-18-28(19-21-42)32-23-43-36(46-32)26(3)45-38(51)35(49-41(54)56-6)29-11-8-7-9-12-29/h7-9,11-12,14-18,23-26,33-35H,10,13,19-22H2,1-6H3,(H,43,46)(H,44,47)(H,45,51)(H,48,53)(H,49,54)/t26-,33-,34-,35+,42?/m0/s1. The van der Waals surface area contributed by atoms with Crippen LogP contribution in [-0.2, 0) is 24.5 Å². The van der Waals surface area contributed by atoms with E-state index in [1.54, 1.807) is 24.3 Å². The average molecular weight is 765 g/mol. The van der Waals surface area contributed by atoms with E-state index < -0.39 is 30.3 Å². The summed E-state index contributed by atoms with van der Waals surface area (Å²) < 4.78 is 9.51. The van der Waals surface area contributed by atoms with Gasteiger partial charge in [-0.3, -0.25) is 9.59 Å². The van der Waals surface area contributed by atoms with E-state index in [1.165, 1.54) is 25.4 Å². The Morgan fingerprint density at radius 2 is 1.57 bits per heavy atom. The number of hydrogen-bond donors (Lipinski definition) is 5. The van der Waals surface area contributed by atoms with Crippen molar-refractivity contribution in [1.29, 1.82) is 0 Å². The number of benzene rings is 2. The number of allylic oxidation sites excluding steroid dienone is 2. The number of aromatic amines is 2. The Morgan fingerprint density at radius 3 is 2.23 bits per heavy atom. The third-order valence-corrected chi connectivity index (χ3v) is 11.0. The van der Waals surface area contributed by atoms with Crippen LogP contribution in [0.4, 0.5) is 9.59 Å². The maximum absolute atomic E-state index is 13.6. The van der Waals surface area contributed by atoms with E-state index in [4.69, 9.17) is 14.5 Å². The molecule has 2 aromatic heterocycles. The molecule has 14 nitrogen and oxygen atoms in total. The highest BCUT2D eigenvalue weighted by molar-refractivity contribution is 5.87. The highest BCUT2D eigenvalue weighted by atomic mass is 16.5. The fourth-order valence-corrected chi connectivity index (χ4v) is 7.58. The van der Waals surface area contributed by atoms with Gasteiger partial charge in [0, 0.05) is 6.54 Å². The van der Waals surface area contributed by atoms with Crippen molar-refractivity contribution in [3.63, 3.8) is 0 Å². The van der Waals surface area contributed by atoms with Crippen molar-refractivity contribution in [3.05, 3.63) is 102 Å². The number of nitrogens with zero attached hydrogens (tertiary/aromatic N) is 3. The van der Waals surface area contributed by atoms with E-state index in [-0.39, 0.29) is 29.2 Å². The first kappa shape index (κ1) is 39.8. The second-order valence-electron chi connectivity index (χ2n) is 15.2. The van der Waals surface area contributed by atoms with Crippen molar-refractivity contribution in [2.24, 2.45) is 5.92 Å². The first-order valence-corrected chi connectivity index (χ1v) is 19.2. The van der Waals surface area contributed by atoms with E-state index in [1.807, 2.05) is 44.1 Å². The number of aromatic nitrogens is 4. The number of hydrogen-bond acceptors (Lipinski definition) is 8. The van der Waals surface area contributed by atoms with Gasteiger partial charge < -0.3 is 40.3 Å². The zero-order chi connectivity index (χ0) is 40.0. The number of ether oxygens (including phenoxy) is 2. The number of imidazole rings is 2. The van der Waals surface area contributed by atoms with Crippen LogP contribution in [0.25, 0.3) is 16.8 Å². The van der Waals surface area contributed by atoms with E-state index in [0.717, 1.165) is 54.9 Å². The highest BCUT2D eigenvalue weighted by Crippen LogP contribution is 2.41. The zero-order valence-corrected chi connectivity index (χ0v) is 32.8. The van der Waals surface area contributed by atoms with Gasteiger partial charge in [-0.05, 0) is 72.6 Å². The van der Waals surface area contributed by atoms with Crippen LogP contribution in [0, 0.1) is 5.92 Å². The molecular formula is C42H52N8O6. The number of methoxy groups -OCH3 is 2. The van der Waals surface area contributed by atoms with Gasteiger partial charge in [-0.15, -0.1) is 0 Å². The van der Waals surface area contributed by atoms with Crippen LogP contribution in [0.2, 0.25) is 0 Å². The summed E-state index contributed by atoms with van der Waals surface area (Å²) in [5.41, 5.74) is 5.81. The Hall–Kier alpha value is -5.92. The van der Waals surface area contributed by atoms with Crippen LogP contribution >= 0.6 is 0 Å². The van der Waals surface area contributed by atoms with Gasteiger partial charge in [0.2, 0.25) is 11.8 Å². The van der Waals surface area contributed by atoms with E-state index in [0.29, 0.717) is 17.9 Å². The number of alkyl carbamates (subject to hydrolysis) is 2. The molecule has 1 aliphatic heterocycles. The maximum Gasteiger partial charge on any atom is 0.407 e. The molecule has 296 valence electrons. The van der Waals surface area contributed by atoms with Crippen molar-refractivity contribution >= 4 is 29.6 Å². The predicted octanol–water partition coefficient (Wildman–Crippen LogP) is 6.64. The number of likely N-dealkylation sites (tertiary alicyclic amines) is 1. The fraction of sp³-hybridized carbons (Fsp3) is 0.429. The molecule has 1 aliphatic carbocycles. The lowest BCUT2D eigenvalue weighted by molar-refractivity contribution is -0.135. The monoisotopic (exact) mass is 764 g/mol. The van der Waals surface area contributed by atoms with Gasteiger partial charge in [-0.2, -0.15) is 0 Å². The maximum atomic E-state index is 13.6. The molecule has 0 spiro atoms. The van der Waals surface area contributed by atoms with Gasteiger partial charge in [-0.1, -0.05) is 81.4 Å². The van der Waals surface area contributed by atoms with E-state index in [2.05, 4.69) is 68.2 Å². The Bertz CT molecular complexity index is 2040. The molecule has 1 unspecified atom stereocenters. The third-order valence-electron chi connectivity index (χ3n) is 11.0. The quantitative estimate of drug-likeness (QED) is 0.106. The third kappa shape index (κ3) is 8.79. The van der Waals surface area contributed by atoms with Gasteiger partial charge >= 0.3 is 12.2 Å². The van der Waals surface area contributed by atoms with Crippen LogP contribution in [0.1, 0.15) is 106 Å². The molecule has 3 heterocycles. The van der Waals surface area contributed by atoms with Crippen molar-refractivity contribution < 1.29 is 28.7 Å². The topological polar surface area (TPSA) is 183 Å². The molecule has 5 N–H and O–H groups in total. The zero-order valence-electron chi connectivity index (χ0n) is 32.8. The minimum absolute atomic E-state index is 0.0553. The van der Waals surface area contributed by atoms with Crippen LogP contribution < -0.4 is 16.0 Å². The van der Waals surface area contributed by atoms with E-state index >= 15 is 0 Å². The first-order valence-electron chi connectivity index (χ1n) is 19.2. The summed E-state index contributed by atoms with van der Waals surface area (Å²) in [6, 6.07) is 15.4.